The molecule has 1 N–H and O–H groups in total. The van der Waals surface area contributed by atoms with Gasteiger partial charge in [-0.3, -0.25) is 4.79 Å². The molecule has 1 heterocycles. The maximum Gasteiger partial charge on any atom is 0.308 e. The first-order valence-electron chi connectivity index (χ1n) is 6.11. The molecule has 18 heavy (non-hydrogen) atoms. The van der Waals surface area contributed by atoms with Crippen molar-refractivity contribution in [2.24, 2.45) is 0 Å². The average molecular weight is 268 g/mol. The molecule has 108 valence electrons. The summed E-state index contributed by atoms with van der Waals surface area (Å²) in [6, 6.07) is 0. The number of aliphatic hydroxyl groups is 1. The number of carbonyl (C=O) groups excluding carboxylic acids is 1. The van der Waals surface area contributed by atoms with Crippen LogP contribution < -0.4 is 0 Å². The summed E-state index contributed by atoms with van der Waals surface area (Å²) in [7, 11) is 0. The molecule has 0 saturated carbocycles. The molecule has 1 unspecified atom stereocenters. The van der Waals surface area contributed by atoms with Gasteiger partial charge in [-0.25, -0.2) is 8.78 Å². The molecule has 0 amide bonds. The van der Waals surface area contributed by atoms with E-state index in [1.807, 2.05) is 6.92 Å². The van der Waals surface area contributed by atoms with Gasteiger partial charge < -0.3 is 14.6 Å². The van der Waals surface area contributed by atoms with Gasteiger partial charge in [-0.2, -0.15) is 0 Å². The van der Waals surface area contributed by atoms with Gasteiger partial charge in [0.05, 0.1) is 19.1 Å². The first kappa shape index (κ1) is 17.2. The van der Waals surface area contributed by atoms with Crippen LogP contribution in [0.3, 0.4) is 0 Å². The number of aliphatic hydroxyl groups excluding tert-OH is 1. The fourth-order valence-electron chi connectivity index (χ4n) is 1.27. The minimum absolute atomic E-state index is 0.0594. The van der Waals surface area contributed by atoms with Gasteiger partial charge in [-0.15, -0.1) is 0 Å². The van der Waals surface area contributed by atoms with E-state index in [4.69, 9.17) is 14.6 Å². The van der Waals surface area contributed by atoms with Gasteiger partial charge in [0.25, 0.3) is 0 Å². The highest BCUT2D eigenvalue weighted by molar-refractivity contribution is 5.69. The first-order valence-corrected chi connectivity index (χ1v) is 6.11. The molecule has 0 spiro atoms. The number of carbonyl (C=O) groups is 1. The Morgan fingerprint density at radius 3 is 2.61 bits per heavy atom. The topological polar surface area (TPSA) is 55.8 Å². The number of ether oxygens (including phenoxy) is 2. The molecule has 1 aliphatic rings. The number of esters is 1. The molecule has 1 fully saturated rings. The summed E-state index contributed by atoms with van der Waals surface area (Å²) in [5.41, 5.74) is 0. The third-order valence-electron chi connectivity index (χ3n) is 2.23. The summed E-state index contributed by atoms with van der Waals surface area (Å²) in [6.45, 7) is 3.52. The second-order valence-corrected chi connectivity index (χ2v) is 4.35. The second kappa shape index (κ2) is 9.22. The smallest absolute Gasteiger partial charge is 0.308 e. The predicted octanol–water partition coefficient (Wildman–Crippen LogP) is 2.14. The lowest BCUT2D eigenvalue weighted by atomic mass is 10.2. The lowest BCUT2D eigenvalue weighted by molar-refractivity contribution is -0.148. The molecule has 0 radical (unpaired) electrons. The van der Waals surface area contributed by atoms with E-state index in [2.05, 4.69) is 0 Å². The summed E-state index contributed by atoms with van der Waals surface area (Å²) >= 11 is 0. The largest absolute Gasteiger partial charge is 0.463 e. The predicted molar refractivity (Wildman–Crippen MR) is 62.5 cm³/mol. The Labute approximate surface area is 106 Å². The monoisotopic (exact) mass is 268 g/mol. The summed E-state index contributed by atoms with van der Waals surface area (Å²) in [5, 5.41) is 7.92. The minimum Gasteiger partial charge on any atom is -0.463 e. The van der Waals surface area contributed by atoms with Crippen LogP contribution in [0.4, 0.5) is 8.78 Å². The van der Waals surface area contributed by atoms with Crippen molar-refractivity contribution in [2.75, 3.05) is 19.8 Å². The molecule has 6 heteroatoms. The third kappa shape index (κ3) is 11.7. The maximum atomic E-state index is 11.6. The summed E-state index contributed by atoms with van der Waals surface area (Å²) in [6.07, 6.45) is 1.90. The highest BCUT2D eigenvalue weighted by Crippen LogP contribution is 2.14. The van der Waals surface area contributed by atoms with Crippen LogP contribution in [-0.4, -0.2) is 42.9 Å². The highest BCUT2D eigenvalue weighted by atomic mass is 19.3. The molecule has 0 aromatic carbocycles. The van der Waals surface area contributed by atoms with Crippen molar-refractivity contribution in [1.29, 1.82) is 0 Å². The lowest BCUT2D eigenvalue weighted by Crippen LogP contribution is -2.14. The Morgan fingerprint density at radius 2 is 2.11 bits per heavy atom. The van der Waals surface area contributed by atoms with Gasteiger partial charge in [0.2, 0.25) is 5.92 Å². The number of hydrogen-bond donors (Lipinski definition) is 1. The maximum absolute atomic E-state index is 11.6. The normalized spacial score (nSPS) is 21.8. The molecule has 0 bridgehead atoms. The number of cyclic esters (lactones) is 1. The molecule has 1 rings (SSSR count). The Kier molecular flexibility index (Phi) is 8.83. The van der Waals surface area contributed by atoms with Crippen LogP contribution in [0.15, 0.2) is 0 Å². The average Bonchev–Trinajstić information content (AvgIpc) is 2.29. The standard InChI is InChI=1S/C8H14O3.C4H8F2O/c1-7-3-2-5-10-6-4-8(9)11-7;1-4(5,6)2-3-7/h7H,2-6H2,1H3;7H,2-3H2,1H3. The minimum atomic E-state index is -2.70. The fourth-order valence-corrected chi connectivity index (χ4v) is 1.27. The first-order chi connectivity index (χ1) is 8.35. The van der Waals surface area contributed by atoms with Crippen LogP contribution in [0.1, 0.15) is 39.5 Å². The zero-order chi connectivity index (χ0) is 14.0. The highest BCUT2D eigenvalue weighted by Gasteiger charge is 2.18. The second-order valence-electron chi connectivity index (χ2n) is 4.35. The van der Waals surface area contributed by atoms with E-state index < -0.39 is 19.0 Å². The van der Waals surface area contributed by atoms with Crippen molar-refractivity contribution in [3.8, 4) is 0 Å². The van der Waals surface area contributed by atoms with Crippen LogP contribution in [0, 0.1) is 0 Å². The molecular weight excluding hydrogens is 246 g/mol. The van der Waals surface area contributed by atoms with Crippen molar-refractivity contribution < 1.29 is 28.2 Å². The number of hydrogen-bond acceptors (Lipinski definition) is 4. The van der Waals surface area contributed by atoms with Crippen LogP contribution in [0.2, 0.25) is 0 Å². The van der Waals surface area contributed by atoms with Crippen molar-refractivity contribution in [3.63, 3.8) is 0 Å². The summed E-state index contributed by atoms with van der Waals surface area (Å²) in [5.74, 6) is -2.84. The van der Waals surface area contributed by atoms with Gasteiger partial charge in [-0.05, 0) is 26.7 Å². The van der Waals surface area contributed by atoms with E-state index in [9.17, 15) is 13.6 Å². The Balaban J connectivity index is 0.000000360. The van der Waals surface area contributed by atoms with Crippen molar-refractivity contribution >= 4 is 5.97 Å². The Morgan fingerprint density at radius 1 is 1.44 bits per heavy atom. The van der Waals surface area contributed by atoms with Gasteiger partial charge in [-0.1, -0.05) is 0 Å². The van der Waals surface area contributed by atoms with Crippen molar-refractivity contribution in [1.82, 2.24) is 0 Å². The molecule has 1 aliphatic heterocycles. The van der Waals surface area contributed by atoms with Gasteiger partial charge in [0.15, 0.2) is 0 Å². The number of rotatable bonds is 2. The van der Waals surface area contributed by atoms with Gasteiger partial charge in [0, 0.05) is 19.6 Å². The molecule has 0 aliphatic carbocycles. The quantitative estimate of drug-likeness (QED) is 0.780. The zero-order valence-corrected chi connectivity index (χ0v) is 11.0. The van der Waals surface area contributed by atoms with Crippen LogP contribution in [-0.2, 0) is 14.3 Å². The molecule has 0 aromatic rings. The van der Waals surface area contributed by atoms with E-state index >= 15 is 0 Å². The lowest BCUT2D eigenvalue weighted by Gasteiger charge is -2.09. The van der Waals surface area contributed by atoms with E-state index in [-0.39, 0.29) is 12.1 Å². The third-order valence-corrected chi connectivity index (χ3v) is 2.23. The van der Waals surface area contributed by atoms with Crippen LogP contribution in [0.25, 0.3) is 0 Å². The van der Waals surface area contributed by atoms with Gasteiger partial charge in [0.1, 0.15) is 0 Å². The molecule has 0 aromatic heterocycles. The van der Waals surface area contributed by atoms with Crippen molar-refractivity contribution in [2.45, 2.75) is 51.6 Å². The number of halogens is 2. The van der Waals surface area contributed by atoms with E-state index in [0.29, 0.717) is 13.0 Å². The summed E-state index contributed by atoms with van der Waals surface area (Å²) in [4.78, 5) is 10.9. The zero-order valence-electron chi connectivity index (χ0n) is 11.0. The Hall–Kier alpha value is -0.750. The number of alkyl halides is 2. The molecule has 1 saturated heterocycles. The Bertz CT molecular complexity index is 229. The van der Waals surface area contributed by atoms with E-state index in [1.165, 1.54) is 0 Å². The van der Waals surface area contributed by atoms with Gasteiger partial charge >= 0.3 is 5.97 Å². The van der Waals surface area contributed by atoms with Crippen LogP contribution in [0.5, 0.6) is 0 Å². The van der Waals surface area contributed by atoms with E-state index in [0.717, 1.165) is 26.4 Å². The molecule has 4 nitrogen and oxygen atoms in total. The fraction of sp³-hybridized carbons (Fsp3) is 0.917. The van der Waals surface area contributed by atoms with E-state index in [1.54, 1.807) is 0 Å². The molecule has 1 atom stereocenters. The van der Waals surface area contributed by atoms with Crippen LogP contribution >= 0.6 is 0 Å². The SMILES string of the molecule is CC(F)(F)CCO.CC1CCCOCCC(=O)O1. The van der Waals surface area contributed by atoms with Crippen molar-refractivity contribution in [3.05, 3.63) is 0 Å². The summed E-state index contributed by atoms with van der Waals surface area (Å²) < 4.78 is 33.3. The molecular formula is C12H22F2O4.